The average Bonchev–Trinajstić information content (AvgIpc) is 2.71. The number of hydrogen-bond donors (Lipinski definition) is 1. The van der Waals surface area contributed by atoms with Gasteiger partial charge in [0.25, 0.3) is 0 Å². The quantitative estimate of drug-likeness (QED) is 0.467. The lowest BCUT2D eigenvalue weighted by Gasteiger charge is -2.26. The number of hydrogen-bond acceptors (Lipinski definition) is 1. The second-order valence-corrected chi connectivity index (χ2v) is 4.69. The van der Waals surface area contributed by atoms with Crippen LogP contribution >= 0.6 is 11.6 Å². The van der Waals surface area contributed by atoms with Crippen molar-refractivity contribution in [3.05, 3.63) is 33.9 Å². The molecule has 1 atom stereocenters. The number of rotatable bonds is 1. The van der Waals surface area contributed by atoms with Gasteiger partial charge in [0, 0.05) is 11.1 Å². The summed E-state index contributed by atoms with van der Waals surface area (Å²) in [5, 5.41) is 1.70. The molecular weight excluding hydrogens is 258 g/mol. The summed E-state index contributed by atoms with van der Waals surface area (Å²) in [6.45, 7) is 2.05. The fourth-order valence-corrected chi connectivity index (χ4v) is 2.36. The molecule has 1 fully saturated rings. The van der Waals surface area contributed by atoms with Crippen LogP contribution in [0.5, 0.6) is 0 Å². The highest BCUT2D eigenvalue weighted by Gasteiger charge is 2.39. The Hall–Kier alpha value is -0.810. The lowest BCUT2D eigenvalue weighted by atomic mass is 9.89. The largest absolute Gasteiger partial charge is 0.307 e. The first-order valence-electron chi connectivity index (χ1n) is 5.15. The molecule has 0 bridgehead atoms. The van der Waals surface area contributed by atoms with Gasteiger partial charge in [-0.2, -0.15) is 0 Å². The van der Waals surface area contributed by atoms with Gasteiger partial charge < -0.3 is 5.32 Å². The van der Waals surface area contributed by atoms with Gasteiger partial charge in [0.05, 0.1) is 0 Å². The van der Waals surface area contributed by atoms with Crippen LogP contribution in [0.15, 0.2) is 0 Å². The van der Waals surface area contributed by atoms with Gasteiger partial charge in [-0.3, -0.25) is 0 Å². The zero-order valence-corrected chi connectivity index (χ0v) is 9.77. The molecule has 17 heavy (non-hydrogen) atoms. The van der Waals surface area contributed by atoms with Crippen LogP contribution in [0.2, 0.25) is 5.02 Å². The zero-order chi connectivity index (χ0) is 12.8. The molecule has 1 saturated heterocycles. The van der Waals surface area contributed by atoms with Crippen LogP contribution < -0.4 is 5.32 Å². The van der Waals surface area contributed by atoms with E-state index >= 15 is 0 Å². The summed E-state index contributed by atoms with van der Waals surface area (Å²) in [7, 11) is 0. The minimum absolute atomic E-state index is 0.404. The SMILES string of the molecule is CC1(c2c(F)c(F)c(Cl)c(F)c2F)CCCN1. The normalized spacial score (nSPS) is 24.4. The molecule has 1 aromatic carbocycles. The van der Waals surface area contributed by atoms with Crippen molar-refractivity contribution in [3.63, 3.8) is 0 Å². The molecule has 1 N–H and O–H groups in total. The van der Waals surface area contributed by atoms with E-state index in [9.17, 15) is 17.6 Å². The van der Waals surface area contributed by atoms with Crippen LogP contribution in [0.1, 0.15) is 25.3 Å². The molecule has 0 aromatic heterocycles. The minimum Gasteiger partial charge on any atom is -0.307 e. The van der Waals surface area contributed by atoms with E-state index in [4.69, 9.17) is 11.6 Å². The molecule has 0 radical (unpaired) electrons. The van der Waals surface area contributed by atoms with Crippen LogP contribution in [0.4, 0.5) is 17.6 Å². The summed E-state index contributed by atoms with van der Waals surface area (Å²) in [6.07, 6.45) is 1.09. The van der Waals surface area contributed by atoms with Crippen LogP contribution in [0.25, 0.3) is 0 Å². The molecule has 94 valence electrons. The molecule has 0 amide bonds. The Morgan fingerprint density at radius 1 is 1.06 bits per heavy atom. The summed E-state index contributed by atoms with van der Waals surface area (Å²) >= 11 is 5.16. The highest BCUT2D eigenvalue weighted by atomic mass is 35.5. The van der Waals surface area contributed by atoms with E-state index < -0.39 is 39.4 Å². The Morgan fingerprint density at radius 2 is 1.59 bits per heavy atom. The van der Waals surface area contributed by atoms with Crippen LogP contribution in [0, 0.1) is 23.3 Å². The van der Waals surface area contributed by atoms with Crippen molar-refractivity contribution in [2.24, 2.45) is 0 Å². The fourth-order valence-electron chi connectivity index (χ4n) is 2.20. The van der Waals surface area contributed by atoms with Crippen molar-refractivity contribution >= 4 is 11.6 Å². The Bertz CT molecular complexity index is 440. The van der Waals surface area contributed by atoms with E-state index in [0.29, 0.717) is 19.4 Å². The van der Waals surface area contributed by atoms with Crippen LogP contribution in [-0.2, 0) is 5.54 Å². The molecule has 1 heterocycles. The number of benzene rings is 1. The fraction of sp³-hybridized carbons (Fsp3) is 0.455. The van der Waals surface area contributed by atoms with E-state index in [1.165, 1.54) is 6.92 Å². The van der Waals surface area contributed by atoms with Crippen LogP contribution in [0.3, 0.4) is 0 Å². The highest BCUT2D eigenvalue weighted by molar-refractivity contribution is 6.30. The summed E-state index contributed by atoms with van der Waals surface area (Å²) in [6, 6.07) is 0. The molecular formula is C11H10ClF4N. The van der Waals surface area contributed by atoms with Gasteiger partial charge in [-0.05, 0) is 26.3 Å². The van der Waals surface area contributed by atoms with Gasteiger partial charge in [-0.25, -0.2) is 17.6 Å². The van der Waals surface area contributed by atoms with E-state index in [2.05, 4.69) is 5.32 Å². The summed E-state index contributed by atoms with van der Waals surface area (Å²) in [5.41, 5.74) is -1.71. The first kappa shape index (κ1) is 12.6. The Labute approximate surface area is 101 Å². The van der Waals surface area contributed by atoms with Crippen molar-refractivity contribution in [2.45, 2.75) is 25.3 Å². The van der Waals surface area contributed by atoms with Crippen molar-refractivity contribution in [2.75, 3.05) is 6.54 Å². The van der Waals surface area contributed by atoms with E-state index in [1.807, 2.05) is 0 Å². The first-order chi connectivity index (χ1) is 7.88. The van der Waals surface area contributed by atoms with Crippen molar-refractivity contribution in [1.29, 1.82) is 0 Å². The van der Waals surface area contributed by atoms with Gasteiger partial charge >= 0.3 is 0 Å². The van der Waals surface area contributed by atoms with Gasteiger partial charge in [-0.1, -0.05) is 11.6 Å². The monoisotopic (exact) mass is 267 g/mol. The van der Waals surface area contributed by atoms with Crippen molar-refractivity contribution in [3.8, 4) is 0 Å². The van der Waals surface area contributed by atoms with Gasteiger partial charge in [0.15, 0.2) is 23.3 Å². The topological polar surface area (TPSA) is 12.0 Å². The smallest absolute Gasteiger partial charge is 0.180 e. The summed E-state index contributed by atoms with van der Waals surface area (Å²) < 4.78 is 54.0. The lowest BCUT2D eigenvalue weighted by molar-refractivity contribution is 0.355. The third kappa shape index (κ3) is 1.81. The predicted molar refractivity (Wildman–Crippen MR) is 55.9 cm³/mol. The highest BCUT2D eigenvalue weighted by Crippen LogP contribution is 2.38. The third-order valence-electron chi connectivity index (χ3n) is 3.13. The van der Waals surface area contributed by atoms with Crippen molar-refractivity contribution < 1.29 is 17.6 Å². The molecule has 1 aliphatic rings. The van der Waals surface area contributed by atoms with Gasteiger partial charge in [-0.15, -0.1) is 0 Å². The van der Waals surface area contributed by atoms with E-state index in [-0.39, 0.29) is 0 Å². The molecule has 1 aliphatic heterocycles. The summed E-state index contributed by atoms with van der Waals surface area (Å²) in [4.78, 5) is 0. The molecule has 1 nitrogen and oxygen atoms in total. The maximum absolute atomic E-state index is 13.7. The molecule has 0 saturated carbocycles. The second kappa shape index (κ2) is 4.14. The maximum atomic E-state index is 13.7. The minimum atomic E-state index is -1.55. The van der Waals surface area contributed by atoms with Gasteiger partial charge in [0.2, 0.25) is 0 Å². The maximum Gasteiger partial charge on any atom is 0.180 e. The average molecular weight is 268 g/mol. The Morgan fingerprint density at radius 3 is 2.00 bits per heavy atom. The second-order valence-electron chi connectivity index (χ2n) is 4.31. The first-order valence-corrected chi connectivity index (χ1v) is 5.53. The zero-order valence-electron chi connectivity index (χ0n) is 9.01. The van der Waals surface area contributed by atoms with Gasteiger partial charge in [0.1, 0.15) is 5.02 Å². The lowest BCUT2D eigenvalue weighted by Crippen LogP contribution is -2.36. The number of halogens is 5. The molecule has 1 unspecified atom stereocenters. The predicted octanol–water partition coefficient (Wildman–Crippen LogP) is 3.50. The van der Waals surface area contributed by atoms with E-state index in [1.54, 1.807) is 0 Å². The molecule has 2 rings (SSSR count). The Kier molecular flexibility index (Phi) is 3.08. The number of nitrogens with one attached hydrogen (secondary N) is 1. The molecule has 0 aliphatic carbocycles. The summed E-state index contributed by atoms with van der Waals surface area (Å²) in [5.74, 6) is -5.94. The molecule has 0 spiro atoms. The molecule has 1 aromatic rings. The third-order valence-corrected chi connectivity index (χ3v) is 3.46. The Balaban J connectivity index is 2.69. The van der Waals surface area contributed by atoms with Crippen LogP contribution in [-0.4, -0.2) is 6.54 Å². The molecule has 6 heteroatoms. The van der Waals surface area contributed by atoms with Crippen molar-refractivity contribution in [1.82, 2.24) is 5.32 Å². The standard InChI is InChI=1S/C11H10ClF4N/c1-11(3-2-4-17-11)5-7(13)9(15)6(12)10(16)8(5)14/h17H,2-4H2,1H3. The van der Waals surface area contributed by atoms with E-state index in [0.717, 1.165) is 0 Å².